The number of hydrogen-bond donors (Lipinski definition) is 5. The number of fused-ring (bicyclic) bond motifs is 2. The van der Waals surface area contributed by atoms with Crippen LogP contribution < -0.4 is 20.7 Å². The number of amides is 2. The second kappa shape index (κ2) is 15.5. The van der Waals surface area contributed by atoms with E-state index in [1.807, 2.05) is 66.9 Å². The summed E-state index contributed by atoms with van der Waals surface area (Å²) < 4.78 is 10.3. The number of carbonyl (C=O) groups excluding carboxylic acids is 2. The number of nitrogens with zero attached hydrogens (tertiary/aromatic N) is 5. The Morgan fingerprint density at radius 2 is 1.54 bits per heavy atom. The van der Waals surface area contributed by atoms with Gasteiger partial charge in [-0.25, -0.2) is 9.97 Å². The SMILES string of the molecule is CCNCc1cccc(NC(=O)c2n[nH]c3ccc(-c4cncs4)cc23)c1.COc1ccc(NC(=O)c2n[nH]c3ccc(-c4cnco4)cc23)cn1. The number of aromatic nitrogens is 7. The molecule has 8 rings (SSSR count). The van der Waals surface area contributed by atoms with Gasteiger partial charge in [-0.05, 0) is 66.2 Å². The van der Waals surface area contributed by atoms with Crippen LogP contribution in [0.3, 0.4) is 0 Å². The van der Waals surface area contributed by atoms with E-state index in [0.29, 0.717) is 28.4 Å². The highest BCUT2D eigenvalue weighted by molar-refractivity contribution is 7.13. The Bertz CT molecular complexity index is 2440. The average molecular weight is 713 g/mol. The standard InChI is InChI=1S/C20H19N5OS.C17H13N5O3/c1-2-21-10-13-4-3-5-15(8-13)23-20(26)19-16-9-14(18-11-22-12-27-18)6-7-17(16)24-25-19;1-24-15-5-3-11(7-19-15)20-17(23)16-12-6-10(14-8-18-9-25-14)2-4-13(12)21-22-16/h3-9,11-12,21H,2,10H2,1H3,(H,23,26)(H,24,25);2-9H,1H3,(H,20,23)(H,21,22). The van der Waals surface area contributed by atoms with E-state index in [0.717, 1.165) is 56.8 Å². The molecule has 0 aliphatic carbocycles. The molecule has 0 aliphatic heterocycles. The van der Waals surface area contributed by atoms with Crippen LogP contribution in [0, 0.1) is 0 Å². The maximum absolute atomic E-state index is 12.8. The number of thiazole rings is 1. The summed E-state index contributed by atoms with van der Waals surface area (Å²) in [6.45, 7) is 3.73. The summed E-state index contributed by atoms with van der Waals surface area (Å²) >= 11 is 1.56. The molecule has 0 saturated carbocycles. The van der Waals surface area contributed by atoms with Gasteiger partial charge in [-0.2, -0.15) is 10.2 Å². The van der Waals surface area contributed by atoms with Crippen molar-refractivity contribution in [3.8, 4) is 27.6 Å². The number of carbonyl (C=O) groups is 2. The predicted octanol–water partition coefficient (Wildman–Crippen LogP) is 6.92. The molecule has 0 saturated heterocycles. The number of rotatable bonds is 10. The summed E-state index contributed by atoms with van der Waals surface area (Å²) in [5.74, 6) is 0.518. The van der Waals surface area contributed by atoms with Gasteiger partial charge in [0.05, 0.1) is 46.6 Å². The first-order chi connectivity index (χ1) is 25.5. The van der Waals surface area contributed by atoms with Crippen molar-refractivity contribution in [2.24, 2.45) is 0 Å². The fraction of sp³-hybridized carbons (Fsp3) is 0.108. The van der Waals surface area contributed by atoms with E-state index in [1.165, 1.54) is 19.7 Å². The van der Waals surface area contributed by atoms with Crippen molar-refractivity contribution in [2.75, 3.05) is 24.3 Å². The molecule has 0 bridgehead atoms. The van der Waals surface area contributed by atoms with E-state index < -0.39 is 0 Å². The molecule has 5 heterocycles. The maximum Gasteiger partial charge on any atom is 0.276 e. The van der Waals surface area contributed by atoms with Gasteiger partial charge in [0.2, 0.25) is 5.88 Å². The Balaban J connectivity index is 0.000000162. The smallest absolute Gasteiger partial charge is 0.276 e. The predicted molar refractivity (Wildman–Crippen MR) is 199 cm³/mol. The number of pyridine rings is 1. The minimum Gasteiger partial charge on any atom is -0.481 e. The normalized spacial score (nSPS) is 10.9. The van der Waals surface area contributed by atoms with Crippen molar-refractivity contribution in [1.82, 2.24) is 40.7 Å². The van der Waals surface area contributed by atoms with E-state index in [-0.39, 0.29) is 17.5 Å². The lowest BCUT2D eigenvalue weighted by atomic mass is 10.1. The van der Waals surface area contributed by atoms with Crippen molar-refractivity contribution < 1.29 is 18.7 Å². The van der Waals surface area contributed by atoms with Gasteiger partial charge in [0.25, 0.3) is 11.8 Å². The molecule has 0 unspecified atom stereocenters. The number of hydrogen-bond acceptors (Lipinski definition) is 11. The van der Waals surface area contributed by atoms with Gasteiger partial charge in [0.1, 0.15) is 0 Å². The molecule has 0 atom stereocenters. The number of methoxy groups -OCH3 is 1. The van der Waals surface area contributed by atoms with Crippen LogP contribution in [0.5, 0.6) is 5.88 Å². The minimum atomic E-state index is -0.340. The van der Waals surface area contributed by atoms with E-state index >= 15 is 0 Å². The van der Waals surface area contributed by atoms with E-state index in [4.69, 9.17) is 9.15 Å². The summed E-state index contributed by atoms with van der Waals surface area (Å²) in [6, 6.07) is 22.6. The first-order valence-corrected chi connectivity index (χ1v) is 17.0. The van der Waals surface area contributed by atoms with Crippen LogP contribution >= 0.6 is 11.3 Å². The lowest BCUT2D eigenvalue weighted by Crippen LogP contribution is -2.14. The average Bonchev–Trinajstić information content (AvgIpc) is 4.01. The zero-order valence-corrected chi connectivity index (χ0v) is 28.8. The van der Waals surface area contributed by atoms with Crippen LogP contribution in [-0.4, -0.2) is 60.8 Å². The molecule has 2 amide bonds. The number of oxazole rings is 1. The van der Waals surface area contributed by atoms with Gasteiger partial charge in [0.15, 0.2) is 23.5 Å². The molecule has 0 radical (unpaired) electrons. The molecule has 5 aromatic heterocycles. The summed E-state index contributed by atoms with van der Waals surface area (Å²) in [4.78, 5) is 38.5. The fourth-order valence-electron chi connectivity index (χ4n) is 5.38. The second-order valence-corrected chi connectivity index (χ2v) is 12.3. The molecule has 0 spiro atoms. The lowest BCUT2D eigenvalue weighted by molar-refractivity contribution is 0.101. The number of H-pyrrole nitrogens is 2. The Morgan fingerprint density at radius 3 is 2.17 bits per heavy atom. The summed E-state index contributed by atoms with van der Waals surface area (Å²) in [5.41, 5.74) is 8.30. The minimum absolute atomic E-state index is 0.233. The number of anilines is 2. The van der Waals surface area contributed by atoms with Gasteiger partial charge >= 0.3 is 0 Å². The van der Waals surface area contributed by atoms with Gasteiger partial charge in [-0.1, -0.05) is 25.1 Å². The Morgan fingerprint density at radius 1 is 0.808 bits per heavy atom. The zero-order chi connectivity index (χ0) is 35.9. The monoisotopic (exact) mass is 712 g/mol. The van der Waals surface area contributed by atoms with Crippen molar-refractivity contribution in [1.29, 1.82) is 0 Å². The number of benzene rings is 3. The lowest BCUT2D eigenvalue weighted by Gasteiger charge is -2.07. The van der Waals surface area contributed by atoms with Gasteiger partial charge in [0, 0.05) is 40.8 Å². The highest BCUT2D eigenvalue weighted by Crippen LogP contribution is 2.29. The van der Waals surface area contributed by atoms with E-state index in [2.05, 4.69) is 58.2 Å². The van der Waals surface area contributed by atoms with Crippen LogP contribution in [-0.2, 0) is 6.54 Å². The molecular weight excluding hydrogens is 681 g/mol. The highest BCUT2D eigenvalue weighted by Gasteiger charge is 2.17. The third kappa shape index (κ3) is 7.55. The summed E-state index contributed by atoms with van der Waals surface area (Å²) in [6.07, 6.45) is 6.32. The molecule has 260 valence electrons. The molecule has 15 heteroatoms. The number of aromatic amines is 2. The first-order valence-electron chi connectivity index (χ1n) is 16.2. The maximum atomic E-state index is 12.8. The van der Waals surface area contributed by atoms with Crippen LogP contribution in [0.4, 0.5) is 11.4 Å². The molecule has 8 aromatic rings. The van der Waals surface area contributed by atoms with Gasteiger partial charge in [-0.3, -0.25) is 24.8 Å². The van der Waals surface area contributed by atoms with Crippen LogP contribution in [0.15, 0.2) is 108 Å². The largest absolute Gasteiger partial charge is 0.481 e. The Labute approximate surface area is 300 Å². The topological polar surface area (TPSA) is 189 Å². The molecule has 14 nitrogen and oxygen atoms in total. The van der Waals surface area contributed by atoms with Crippen molar-refractivity contribution in [3.63, 3.8) is 0 Å². The third-order valence-electron chi connectivity index (χ3n) is 7.96. The molecule has 0 aliphatic rings. The zero-order valence-electron chi connectivity index (χ0n) is 28.0. The van der Waals surface area contributed by atoms with Gasteiger partial charge < -0.3 is 25.1 Å². The Kier molecular flexibility index (Phi) is 10.0. The first kappa shape index (κ1) is 33.8. The van der Waals surface area contributed by atoms with Crippen molar-refractivity contribution in [2.45, 2.75) is 13.5 Å². The quantitative estimate of drug-likeness (QED) is 0.0995. The van der Waals surface area contributed by atoms with Crippen molar-refractivity contribution >= 4 is 56.3 Å². The Hall–Kier alpha value is -6.71. The van der Waals surface area contributed by atoms with Crippen LogP contribution in [0.1, 0.15) is 33.5 Å². The van der Waals surface area contributed by atoms with E-state index in [9.17, 15) is 9.59 Å². The summed E-state index contributed by atoms with van der Waals surface area (Å²) in [5, 5.41) is 24.6. The summed E-state index contributed by atoms with van der Waals surface area (Å²) in [7, 11) is 1.53. The van der Waals surface area contributed by atoms with Crippen molar-refractivity contribution in [3.05, 3.63) is 120 Å². The molecular formula is C37H32N10O4S. The molecule has 3 aromatic carbocycles. The fourth-order valence-corrected chi connectivity index (χ4v) is 6.00. The number of ether oxygens (including phenoxy) is 1. The second-order valence-electron chi connectivity index (χ2n) is 11.4. The molecule has 5 N–H and O–H groups in total. The van der Waals surface area contributed by atoms with Gasteiger partial charge in [-0.15, -0.1) is 11.3 Å². The molecule has 52 heavy (non-hydrogen) atoms. The molecule has 0 fully saturated rings. The third-order valence-corrected chi connectivity index (χ3v) is 8.78. The van der Waals surface area contributed by atoms with Crippen LogP contribution in [0.2, 0.25) is 0 Å². The van der Waals surface area contributed by atoms with E-state index in [1.54, 1.807) is 35.2 Å². The highest BCUT2D eigenvalue weighted by atomic mass is 32.1. The number of nitrogens with one attached hydrogen (secondary N) is 5. The van der Waals surface area contributed by atoms with Crippen LogP contribution in [0.25, 0.3) is 43.6 Å².